The van der Waals surface area contributed by atoms with E-state index in [2.05, 4.69) is 64.9 Å². The molecule has 0 amide bonds. The van der Waals surface area contributed by atoms with Crippen LogP contribution in [-0.2, 0) is 11.3 Å². The highest BCUT2D eigenvalue weighted by molar-refractivity contribution is 9.10. The van der Waals surface area contributed by atoms with Gasteiger partial charge in [-0.2, -0.15) is 0 Å². The van der Waals surface area contributed by atoms with E-state index in [-0.39, 0.29) is 0 Å². The zero-order valence-corrected chi connectivity index (χ0v) is 14.7. The first-order valence-corrected chi connectivity index (χ1v) is 7.92. The van der Waals surface area contributed by atoms with E-state index in [4.69, 9.17) is 4.74 Å². The molecule has 1 atom stereocenters. The molecule has 0 bridgehead atoms. The smallest absolute Gasteiger partial charge is 0.133 e. The Morgan fingerprint density at radius 1 is 1.40 bits per heavy atom. The summed E-state index contributed by atoms with van der Waals surface area (Å²) in [5.74, 6) is 1.04. The molecule has 114 valence electrons. The molecule has 1 heterocycles. The summed E-state index contributed by atoms with van der Waals surface area (Å²) in [5.41, 5.74) is 1.21. The highest BCUT2D eigenvalue weighted by Crippen LogP contribution is 2.23. The summed E-state index contributed by atoms with van der Waals surface area (Å²) in [7, 11) is 1.74. The fourth-order valence-corrected chi connectivity index (χ4v) is 2.56. The van der Waals surface area contributed by atoms with Crippen LogP contribution in [0.15, 0.2) is 16.7 Å². The molecule has 0 aliphatic rings. The standard InChI is InChI=1S/C15H26BrN3O/c1-6-19(12(4)10-20-5)15-13(8-17-11(2)3)7-14(16)9-18-15/h7,9,11-12,17H,6,8,10H2,1-5H3. The number of anilines is 1. The number of ether oxygens (including phenoxy) is 1. The lowest BCUT2D eigenvalue weighted by Crippen LogP contribution is -2.38. The maximum atomic E-state index is 5.28. The van der Waals surface area contributed by atoms with Crippen LogP contribution in [0, 0.1) is 0 Å². The van der Waals surface area contributed by atoms with Crippen LogP contribution in [0.25, 0.3) is 0 Å². The fourth-order valence-electron chi connectivity index (χ4n) is 2.18. The van der Waals surface area contributed by atoms with Crippen molar-refractivity contribution in [3.8, 4) is 0 Å². The molecule has 20 heavy (non-hydrogen) atoms. The van der Waals surface area contributed by atoms with Crippen molar-refractivity contribution in [1.82, 2.24) is 10.3 Å². The molecule has 1 aromatic rings. The maximum Gasteiger partial charge on any atom is 0.133 e. The molecule has 0 fully saturated rings. The van der Waals surface area contributed by atoms with Crippen molar-refractivity contribution in [3.05, 3.63) is 22.3 Å². The molecule has 4 nitrogen and oxygen atoms in total. The van der Waals surface area contributed by atoms with Gasteiger partial charge in [-0.25, -0.2) is 4.98 Å². The number of nitrogens with one attached hydrogen (secondary N) is 1. The maximum absolute atomic E-state index is 5.28. The predicted octanol–water partition coefficient (Wildman–Crippen LogP) is 3.20. The zero-order valence-electron chi connectivity index (χ0n) is 13.1. The molecular weight excluding hydrogens is 318 g/mol. The first kappa shape index (κ1) is 17.4. The van der Waals surface area contributed by atoms with Gasteiger partial charge in [0.25, 0.3) is 0 Å². The van der Waals surface area contributed by atoms with E-state index >= 15 is 0 Å². The molecule has 1 unspecified atom stereocenters. The third-order valence-corrected chi connectivity index (χ3v) is 3.60. The molecule has 0 saturated heterocycles. The van der Waals surface area contributed by atoms with Crippen LogP contribution in [0.1, 0.15) is 33.3 Å². The van der Waals surface area contributed by atoms with E-state index in [9.17, 15) is 0 Å². The van der Waals surface area contributed by atoms with Crippen molar-refractivity contribution in [2.45, 2.75) is 46.3 Å². The molecular formula is C15H26BrN3O. The summed E-state index contributed by atoms with van der Waals surface area (Å²) in [4.78, 5) is 6.90. The average Bonchev–Trinajstić information content (AvgIpc) is 2.39. The molecule has 0 aliphatic heterocycles. The topological polar surface area (TPSA) is 37.4 Å². The number of methoxy groups -OCH3 is 1. The molecule has 0 saturated carbocycles. The summed E-state index contributed by atoms with van der Waals surface area (Å²) in [5, 5.41) is 3.46. The monoisotopic (exact) mass is 343 g/mol. The zero-order chi connectivity index (χ0) is 15.1. The number of halogens is 1. The van der Waals surface area contributed by atoms with Gasteiger partial charge in [0.15, 0.2) is 0 Å². The Morgan fingerprint density at radius 3 is 2.65 bits per heavy atom. The van der Waals surface area contributed by atoms with Gasteiger partial charge in [-0.15, -0.1) is 0 Å². The Hall–Kier alpha value is -0.650. The number of nitrogens with zero attached hydrogens (tertiary/aromatic N) is 2. The summed E-state index contributed by atoms with van der Waals surface area (Å²) in [6, 6.07) is 2.89. The lowest BCUT2D eigenvalue weighted by Gasteiger charge is -2.30. The van der Waals surface area contributed by atoms with E-state index in [1.807, 2.05) is 6.20 Å². The van der Waals surface area contributed by atoms with E-state index < -0.39 is 0 Å². The van der Waals surface area contributed by atoms with Gasteiger partial charge in [0.1, 0.15) is 5.82 Å². The van der Waals surface area contributed by atoms with Gasteiger partial charge >= 0.3 is 0 Å². The van der Waals surface area contributed by atoms with E-state index in [0.29, 0.717) is 18.7 Å². The van der Waals surface area contributed by atoms with Gasteiger partial charge in [-0.1, -0.05) is 13.8 Å². The molecule has 1 rings (SSSR count). The second-order valence-electron chi connectivity index (χ2n) is 5.26. The van der Waals surface area contributed by atoms with E-state index in [1.54, 1.807) is 7.11 Å². The van der Waals surface area contributed by atoms with E-state index in [1.165, 1.54) is 5.56 Å². The molecule has 0 aliphatic carbocycles. The summed E-state index contributed by atoms with van der Waals surface area (Å²) in [6.07, 6.45) is 1.86. The van der Waals surface area contributed by atoms with Crippen molar-refractivity contribution in [1.29, 1.82) is 0 Å². The number of pyridine rings is 1. The first-order chi connectivity index (χ1) is 9.49. The Bertz CT molecular complexity index is 412. The molecule has 0 radical (unpaired) electrons. The normalized spacial score (nSPS) is 12.8. The quantitative estimate of drug-likeness (QED) is 0.786. The summed E-state index contributed by atoms with van der Waals surface area (Å²) >= 11 is 3.51. The Morgan fingerprint density at radius 2 is 2.10 bits per heavy atom. The van der Waals surface area contributed by atoms with Gasteiger partial charge in [0.2, 0.25) is 0 Å². The van der Waals surface area contributed by atoms with Crippen molar-refractivity contribution < 1.29 is 4.74 Å². The van der Waals surface area contributed by atoms with Crippen LogP contribution in [0.2, 0.25) is 0 Å². The second kappa shape index (κ2) is 8.60. The average molecular weight is 344 g/mol. The first-order valence-electron chi connectivity index (χ1n) is 7.12. The number of hydrogen-bond donors (Lipinski definition) is 1. The van der Waals surface area contributed by atoms with Gasteiger partial charge in [-0.05, 0) is 35.8 Å². The highest BCUT2D eigenvalue weighted by Gasteiger charge is 2.17. The van der Waals surface area contributed by atoms with Gasteiger partial charge < -0.3 is 15.0 Å². The predicted molar refractivity (Wildman–Crippen MR) is 88.3 cm³/mol. The Kier molecular flexibility index (Phi) is 7.48. The lowest BCUT2D eigenvalue weighted by atomic mass is 10.2. The molecule has 1 aromatic heterocycles. The number of hydrogen-bond acceptors (Lipinski definition) is 4. The Labute approximate surface area is 131 Å². The summed E-state index contributed by atoms with van der Waals surface area (Å²) in [6.45, 7) is 11.0. The van der Waals surface area contributed by atoms with Crippen molar-refractivity contribution >= 4 is 21.7 Å². The molecule has 5 heteroatoms. The van der Waals surface area contributed by atoms with Gasteiger partial charge in [0, 0.05) is 42.5 Å². The molecule has 0 aromatic carbocycles. The number of likely N-dealkylation sites (N-methyl/N-ethyl adjacent to an activating group) is 1. The minimum absolute atomic E-state index is 0.302. The highest BCUT2D eigenvalue weighted by atomic mass is 79.9. The second-order valence-corrected chi connectivity index (χ2v) is 6.18. The van der Waals surface area contributed by atoms with Gasteiger partial charge in [-0.3, -0.25) is 0 Å². The number of rotatable bonds is 8. The summed E-state index contributed by atoms with van der Waals surface area (Å²) < 4.78 is 6.29. The van der Waals surface area contributed by atoms with Crippen LogP contribution in [0.5, 0.6) is 0 Å². The van der Waals surface area contributed by atoms with Crippen LogP contribution in [0.4, 0.5) is 5.82 Å². The fraction of sp³-hybridized carbons (Fsp3) is 0.667. The third-order valence-electron chi connectivity index (χ3n) is 3.16. The van der Waals surface area contributed by atoms with Crippen LogP contribution in [-0.4, -0.2) is 37.3 Å². The lowest BCUT2D eigenvalue weighted by molar-refractivity contribution is 0.181. The number of aromatic nitrogens is 1. The van der Waals surface area contributed by atoms with E-state index in [0.717, 1.165) is 23.4 Å². The van der Waals surface area contributed by atoms with Crippen LogP contribution < -0.4 is 10.2 Å². The largest absolute Gasteiger partial charge is 0.383 e. The van der Waals surface area contributed by atoms with Crippen molar-refractivity contribution in [2.24, 2.45) is 0 Å². The van der Waals surface area contributed by atoms with Gasteiger partial charge in [0.05, 0.1) is 12.6 Å². The van der Waals surface area contributed by atoms with Crippen LogP contribution in [0.3, 0.4) is 0 Å². The Balaban J connectivity index is 3.00. The van der Waals surface area contributed by atoms with Crippen molar-refractivity contribution in [2.75, 3.05) is 25.2 Å². The molecule has 0 spiro atoms. The third kappa shape index (κ3) is 5.04. The minimum atomic E-state index is 0.302. The van der Waals surface area contributed by atoms with Crippen LogP contribution >= 0.6 is 15.9 Å². The minimum Gasteiger partial charge on any atom is -0.383 e. The van der Waals surface area contributed by atoms with Crippen molar-refractivity contribution in [3.63, 3.8) is 0 Å². The SMILES string of the molecule is CCN(c1ncc(Br)cc1CNC(C)C)C(C)COC. The molecule has 1 N–H and O–H groups in total.